The van der Waals surface area contributed by atoms with Crippen LogP contribution < -0.4 is 5.32 Å². The quantitative estimate of drug-likeness (QED) is 0.703. The Kier molecular flexibility index (Phi) is 5.20. The largest absolute Gasteiger partial charge is 0.480 e. The summed E-state index contributed by atoms with van der Waals surface area (Å²) in [5.74, 6) is -1.09. The van der Waals surface area contributed by atoms with E-state index in [2.05, 4.69) is 5.32 Å². The molecule has 0 heterocycles. The predicted molar refractivity (Wildman–Crippen MR) is 53.9 cm³/mol. The van der Waals surface area contributed by atoms with Crippen molar-refractivity contribution in [1.82, 2.24) is 5.32 Å². The number of hydrogen-bond acceptors (Lipinski definition) is 2. The number of amides is 1. The summed E-state index contributed by atoms with van der Waals surface area (Å²) < 4.78 is 0. The molecule has 0 aliphatic carbocycles. The SMILES string of the molecule is CC[C@H](NC(=O)C(C)C(C)C)C(=O)O. The second kappa shape index (κ2) is 5.62. The molecule has 0 rings (SSSR count). The summed E-state index contributed by atoms with van der Waals surface area (Å²) in [6, 6.07) is -0.760. The lowest BCUT2D eigenvalue weighted by molar-refractivity contribution is -0.142. The minimum atomic E-state index is -0.975. The number of carbonyl (C=O) groups is 2. The summed E-state index contributed by atoms with van der Waals surface area (Å²) in [6.45, 7) is 7.41. The molecule has 2 N–H and O–H groups in total. The molecule has 0 spiro atoms. The zero-order valence-corrected chi connectivity index (χ0v) is 9.20. The molecule has 0 saturated carbocycles. The highest BCUT2D eigenvalue weighted by atomic mass is 16.4. The zero-order valence-electron chi connectivity index (χ0n) is 9.20. The van der Waals surface area contributed by atoms with E-state index in [1.54, 1.807) is 13.8 Å². The van der Waals surface area contributed by atoms with Crippen molar-refractivity contribution in [3.63, 3.8) is 0 Å². The van der Waals surface area contributed by atoms with Crippen LogP contribution in [-0.4, -0.2) is 23.0 Å². The molecule has 1 amide bonds. The Hall–Kier alpha value is -1.06. The van der Waals surface area contributed by atoms with E-state index >= 15 is 0 Å². The summed E-state index contributed by atoms with van der Waals surface area (Å²) in [5, 5.41) is 11.2. The average Bonchev–Trinajstić information content (AvgIpc) is 2.11. The van der Waals surface area contributed by atoms with Gasteiger partial charge >= 0.3 is 5.97 Å². The molecule has 82 valence electrons. The van der Waals surface area contributed by atoms with Gasteiger partial charge in [-0.05, 0) is 12.3 Å². The van der Waals surface area contributed by atoms with Gasteiger partial charge in [-0.15, -0.1) is 0 Å². The van der Waals surface area contributed by atoms with Crippen LogP contribution in [0.1, 0.15) is 34.1 Å². The number of carbonyl (C=O) groups excluding carboxylic acids is 1. The monoisotopic (exact) mass is 201 g/mol. The molecule has 0 aromatic heterocycles. The Labute approximate surface area is 84.7 Å². The van der Waals surface area contributed by atoms with E-state index in [1.807, 2.05) is 13.8 Å². The molecule has 14 heavy (non-hydrogen) atoms. The van der Waals surface area contributed by atoms with Crippen LogP contribution >= 0.6 is 0 Å². The third-order valence-electron chi connectivity index (χ3n) is 2.44. The van der Waals surface area contributed by atoms with Gasteiger partial charge in [0.1, 0.15) is 6.04 Å². The summed E-state index contributed by atoms with van der Waals surface area (Å²) in [7, 11) is 0. The van der Waals surface area contributed by atoms with Gasteiger partial charge in [0.25, 0.3) is 0 Å². The second-order valence-electron chi connectivity index (χ2n) is 3.84. The normalized spacial score (nSPS) is 14.9. The fraction of sp³-hybridized carbons (Fsp3) is 0.800. The van der Waals surface area contributed by atoms with Crippen molar-refractivity contribution in [1.29, 1.82) is 0 Å². The van der Waals surface area contributed by atoms with Crippen LogP contribution in [0, 0.1) is 11.8 Å². The van der Waals surface area contributed by atoms with E-state index in [0.29, 0.717) is 6.42 Å². The number of carboxylic acid groups (broad SMARTS) is 1. The predicted octanol–water partition coefficient (Wildman–Crippen LogP) is 1.26. The van der Waals surface area contributed by atoms with Crippen molar-refractivity contribution >= 4 is 11.9 Å². The number of carboxylic acids is 1. The van der Waals surface area contributed by atoms with Crippen molar-refractivity contribution in [2.75, 3.05) is 0 Å². The van der Waals surface area contributed by atoms with Crippen LogP contribution in [0.4, 0.5) is 0 Å². The number of rotatable bonds is 5. The van der Waals surface area contributed by atoms with E-state index in [0.717, 1.165) is 0 Å². The minimum Gasteiger partial charge on any atom is -0.480 e. The highest BCUT2D eigenvalue weighted by molar-refractivity contribution is 5.84. The molecule has 0 radical (unpaired) electrons. The van der Waals surface area contributed by atoms with Crippen LogP contribution in [0.2, 0.25) is 0 Å². The summed E-state index contributed by atoms with van der Waals surface area (Å²) >= 11 is 0. The molecule has 1 unspecified atom stereocenters. The molecule has 4 heteroatoms. The van der Waals surface area contributed by atoms with Crippen molar-refractivity contribution in [2.24, 2.45) is 11.8 Å². The van der Waals surface area contributed by atoms with Gasteiger partial charge in [0.2, 0.25) is 5.91 Å². The van der Waals surface area contributed by atoms with Crippen molar-refractivity contribution < 1.29 is 14.7 Å². The van der Waals surface area contributed by atoms with Gasteiger partial charge in [-0.3, -0.25) is 4.79 Å². The fourth-order valence-electron chi connectivity index (χ4n) is 0.944. The first kappa shape index (κ1) is 12.9. The molecule has 0 aliphatic heterocycles. The van der Waals surface area contributed by atoms with Gasteiger partial charge in [-0.1, -0.05) is 27.7 Å². The van der Waals surface area contributed by atoms with Crippen LogP contribution in [0.5, 0.6) is 0 Å². The van der Waals surface area contributed by atoms with Crippen LogP contribution in [0.15, 0.2) is 0 Å². The van der Waals surface area contributed by atoms with E-state index < -0.39 is 12.0 Å². The lowest BCUT2D eigenvalue weighted by Gasteiger charge is -2.18. The molecule has 0 bridgehead atoms. The van der Waals surface area contributed by atoms with Crippen LogP contribution in [0.25, 0.3) is 0 Å². The van der Waals surface area contributed by atoms with Gasteiger partial charge in [0.05, 0.1) is 0 Å². The Morgan fingerprint density at radius 3 is 2.07 bits per heavy atom. The van der Waals surface area contributed by atoms with E-state index in [9.17, 15) is 9.59 Å². The van der Waals surface area contributed by atoms with E-state index in [1.165, 1.54) is 0 Å². The fourth-order valence-corrected chi connectivity index (χ4v) is 0.944. The molecule has 2 atom stereocenters. The first-order valence-electron chi connectivity index (χ1n) is 4.93. The minimum absolute atomic E-state index is 0.150. The highest BCUT2D eigenvalue weighted by Crippen LogP contribution is 2.09. The van der Waals surface area contributed by atoms with Crippen molar-refractivity contribution in [3.05, 3.63) is 0 Å². The molecule has 4 nitrogen and oxygen atoms in total. The molecule has 0 aromatic rings. The first-order valence-corrected chi connectivity index (χ1v) is 4.93. The Bertz CT molecular complexity index is 213. The third-order valence-corrected chi connectivity index (χ3v) is 2.44. The maximum absolute atomic E-state index is 11.5. The summed E-state index contributed by atoms with van der Waals surface area (Å²) in [4.78, 5) is 22.1. The van der Waals surface area contributed by atoms with E-state index in [-0.39, 0.29) is 17.7 Å². The Morgan fingerprint density at radius 1 is 1.29 bits per heavy atom. The van der Waals surface area contributed by atoms with Crippen molar-refractivity contribution in [2.45, 2.75) is 40.2 Å². The number of nitrogens with one attached hydrogen (secondary N) is 1. The molecular formula is C10H19NO3. The zero-order chi connectivity index (χ0) is 11.3. The van der Waals surface area contributed by atoms with Gasteiger partial charge in [0.15, 0.2) is 0 Å². The molecule has 0 aliphatic rings. The highest BCUT2D eigenvalue weighted by Gasteiger charge is 2.22. The number of aliphatic carboxylic acids is 1. The average molecular weight is 201 g/mol. The molecular weight excluding hydrogens is 182 g/mol. The maximum Gasteiger partial charge on any atom is 0.326 e. The Morgan fingerprint density at radius 2 is 1.79 bits per heavy atom. The summed E-state index contributed by atoms with van der Waals surface area (Å²) in [6.07, 6.45) is 0.409. The Balaban J connectivity index is 4.22. The van der Waals surface area contributed by atoms with E-state index in [4.69, 9.17) is 5.11 Å². The molecule has 0 aromatic carbocycles. The van der Waals surface area contributed by atoms with Crippen LogP contribution in [-0.2, 0) is 9.59 Å². The van der Waals surface area contributed by atoms with Crippen LogP contribution in [0.3, 0.4) is 0 Å². The van der Waals surface area contributed by atoms with Gasteiger partial charge in [-0.2, -0.15) is 0 Å². The second-order valence-corrected chi connectivity index (χ2v) is 3.84. The standard InChI is InChI=1S/C10H19NO3/c1-5-8(10(13)14)11-9(12)7(4)6(2)3/h6-8H,5H2,1-4H3,(H,11,12)(H,13,14)/t7?,8-/m0/s1. The third kappa shape index (κ3) is 3.77. The first-order chi connectivity index (χ1) is 6.40. The topological polar surface area (TPSA) is 66.4 Å². The summed E-state index contributed by atoms with van der Waals surface area (Å²) in [5.41, 5.74) is 0. The lowest BCUT2D eigenvalue weighted by Crippen LogP contribution is -2.43. The van der Waals surface area contributed by atoms with Gasteiger partial charge in [-0.25, -0.2) is 4.79 Å². The van der Waals surface area contributed by atoms with Crippen molar-refractivity contribution in [3.8, 4) is 0 Å². The molecule has 0 saturated heterocycles. The van der Waals surface area contributed by atoms with Gasteiger partial charge < -0.3 is 10.4 Å². The number of hydrogen-bond donors (Lipinski definition) is 2. The molecule has 0 fully saturated rings. The van der Waals surface area contributed by atoms with Gasteiger partial charge in [0, 0.05) is 5.92 Å². The maximum atomic E-state index is 11.5. The lowest BCUT2D eigenvalue weighted by atomic mass is 9.97. The smallest absolute Gasteiger partial charge is 0.326 e.